The Labute approximate surface area is 148 Å². The topological polar surface area (TPSA) is 46.5 Å². The van der Waals surface area contributed by atoms with Gasteiger partial charge < -0.3 is 9.84 Å². The van der Waals surface area contributed by atoms with Gasteiger partial charge in [0.05, 0.1) is 7.11 Å². The number of carbonyl (C=O) groups is 1. The zero-order valence-corrected chi connectivity index (χ0v) is 14.8. The molecule has 0 fully saturated rings. The second-order valence-corrected chi connectivity index (χ2v) is 7.37. The van der Waals surface area contributed by atoms with Gasteiger partial charge in [-0.2, -0.15) is 0 Å². The van der Waals surface area contributed by atoms with Gasteiger partial charge in [-0.05, 0) is 71.2 Å². The Morgan fingerprint density at radius 3 is 2.52 bits per heavy atom. The molecule has 0 heterocycles. The molecule has 128 valence electrons. The normalized spacial score (nSPS) is 22.0. The number of hydrogen-bond donors (Lipinski definition) is 1. The number of fused-ring (bicyclic) bond motifs is 3. The Morgan fingerprint density at radius 1 is 1.12 bits per heavy atom. The molecule has 4 rings (SSSR count). The van der Waals surface area contributed by atoms with E-state index >= 15 is 0 Å². The third-order valence-corrected chi connectivity index (χ3v) is 5.82. The molecule has 0 aromatic heterocycles. The number of carbonyl (C=O) groups excluding carboxylic acids is 1. The summed E-state index contributed by atoms with van der Waals surface area (Å²) in [6.45, 7) is 4.21. The molecule has 0 radical (unpaired) electrons. The van der Waals surface area contributed by atoms with Gasteiger partial charge in [0.25, 0.3) is 0 Å². The van der Waals surface area contributed by atoms with E-state index in [9.17, 15) is 9.90 Å². The first-order chi connectivity index (χ1) is 11.9. The molecule has 2 aliphatic rings. The minimum absolute atomic E-state index is 0.0515. The Balaban J connectivity index is 1.99. The lowest BCUT2D eigenvalue weighted by Crippen LogP contribution is -2.25. The summed E-state index contributed by atoms with van der Waals surface area (Å²) in [5.41, 5.74) is 6.11. The number of ketones is 1. The Kier molecular flexibility index (Phi) is 3.50. The van der Waals surface area contributed by atoms with Crippen molar-refractivity contribution in [1.82, 2.24) is 0 Å². The van der Waals surface area contributed by atoms with E-state index in [1.165, 1.54) is 5.56 Å². The van der Waals surface area contributed by atoms with Crippen molar-refractivity contribution < 1.29 is 14.6 Å². The highest BCUT2D eigenvalue weighted by Gasteiger charge is 2.44. The maximum atomic E-state index is 12.9. The van der Waals surface area contributed by atoms with Crippen LogP contribution in [0.1, 0.15) is 42.0 Å². The highest BCUT2D eigenvalue weighted by molar-refractivity contribution is 6.30. The molecule has 1 atom stereocenters. The quantitative estimate of drug-likeness (QED) is 0.877. The molecule has 2 aromatic rings. The van der Waals surface area contributed by atoms with Gasteiger partial charge >= 0.3 is 0 Å². The first kappa shape index (κ1) is 15.9. The van der Waals surface area contributed by atoms with Gasteiger partial charge in [-0.25, -0.2) is 0 Å². The van der Waals surface area contributed by atoms with Crippen LogP contribution in [0.15, 0.2) is 36.4 Å². The van der Waals surface area contributed by atoms with Crippen LogP contribution in [0.2, 0.25) is 0 Å². The minimum atomic E-state index is -0.0515. The van der Waals surface area contributed by atoms with E-state index in [1.807, 2.05) is 37.3 Å². The van der Waals surface area contributed by atoms with Crippen LogP contribution in [0.5, 0.6) is 11.5 Å². The molecule has 0 saturated carbocycles. The second kappa shape index (κ2) is 5.48. The SMILES string of the molecule is COc1ccc(C2=C3c4ccc(O)c(C)c4CC3(C)CCC2=O)cc1. The van der Waals surface area contributed by atoms with Crippen molar-refractivity contribution in [3.05, 3.63) is 58.7 Å². The van der Waals surface area contributed by atoms with Gasteiger partial charge in [0.15, 0.2) is 5.78 Å². The molecule has 1 N–H and O–H groups in total. The van der Waals surface area contributed by atoms with E-state index in [0.717, 1.165) is 46.4 Å². The van der Waals surface area contributed by atoms with Crippen LogP contribution in [0.3, 0.4) is 0 Å². The fraction of sp³-hybridized carbons (Fsp3) is 0.318. The molecule has 3 nitrogen and oxygen atoms in total. The van der Waals surface area contributed by atoms with Crippen LogP contribution in [-0.2, 0) is 11.2 Å². The van der Waals surface area contributed by atoms with E-state index in [2.05, 4.69) is 6.92 Å². The van der Waals surface area contributed by atoms with E-state index in [4.69, 9.17) is 4.74 Å². The second-order valence-electron chi connectivity index (χ2n) is 7.37. The third-order valence-electron chi connectivity index (χ3n) is 5.82. The summed E-state index contributed by atoms with van der Waals surface area (Å²) in [6.07, 6.45) is 2.31. The Hall–Kier alpha value is -2.55. The van der Waals surface area contributed by atoms with Crippen molar-refractivity contribution in [2.75, 3.05) is 7.11 Å². The Bertz CT molecular complexity index is 906. The molecule has 2 aromatic carbocycles. The highest BCUT2D eigenvalue weighted by atomic mass is 16.5. The maximum absolute atomic E-state index is 12.9. The zero-order valence-electron chi connectivity index (χ0n) is 14.8. The van der Waals surface area contributed by atoms with Gasteiger partial charge in [0.1, 0.15) is 11.5 Å². The third kappa shape index (κ3) is 2.30. The van der Waals surface area contributed by atoms with Crippen molar-refractivity contribution in [3.8, 4) is 11.5 Å². The smallest absolute Gasteiger partial charge is 0.163 e. The number of benzene rings is 2. The van der Waals surface area contributed by atoms with Crippen LogP contribution in [-0.4, -0.2) is 18.0 Å². The predicted molar refractivity (Wildman–Crippen MR) is 98.7 cm³/mol. The van der Waals surface area contributed by atoms with E-state index in [0.29, 0.717) is 12.2 Å². The molecule has 1 unspecified atom stereocenters. The van der Waals surface area contributed by atoms with Gasteiger partial charge in [0, 0.05) is 12.0 Å². The maximum Gasteiger partial charge on any atom is 0.163 e. The number of rotatable bonds is 2. The average Bonchev–Trinajstić information content (AvgIpc) is 2.92. The molecule has 25 heavy (non-hydrogen) atoms. The average molecular weight is 334 g/mol. The molecule has 0 amide bonds. The molecular formula is C22H22O3. The minimum Gasteiger partial charge on any atom is -0.508 e. The molecule has 2 aliphatic carbocycles. The summed E-state index contributed by atoms with van der Waals surface area (Å²) in [4.78, 5) is 12.9. The summed E-state index contributed by atoms with van der Waals surface area (Å²) >= 11 is 0. The fourth-order valence-electron chi connectivity index (χ4n) is 4.38. The summed E-state index contributed by atoms with van der Waals surface area (Å²) in [7, 11) is 1.64. The molecule has 0 saturated heterocycles. The van der Waals surface area contributed by atoms with Crippen molar-refractivity contribution in [1.29, 1.82) is 0 Å². The predicted octanol–water partition coefficient (Wildman–Crippen LogP) is 4.55. The number of phenols is 1. The van der Waals surface area contributed by atoms with Crippen molar-refractivity contribution in [2.24, 2.45) is 5.41 Å². The number of allylic oxidation sites excluding steroid dienone is 2. The van der Waals surface area contributed by atoms with E-state index in [-0.39, 0.29) is 11.2 Å². The monoisotopic (exact) mass is 334 g/mol. The van der Waals surface area contributed by atoms with Crippen LogP contribution in [0.4, 0.5) is 0 Å². The van der Waals surface area contributed by atoms with Crippen LogP contribution < -0.4 is 4.74 Å². The largest absolute Gasteiger partial charge is 0.508 e. The van der Waals surface area contributed by atoms with Gasteiger partial charge in [0.2, 0.25) is 0 Å². The lowest BCUT2D eigenvalue weighted by Gasteiger charge is -2.33. The molecule has 0 aliphatic heterocycles. The van der Waals surface area contributed by atoms with Crippen molar-refractivity contribution in [3.63, 3.8) is 0 Å². The highest BCUT2D eigenvalue weighted by Crippen LogP contribution is 2.56. The van der Waals surface area contributed by atoms with Crippen LogP contribution in [0.25, 0.3) is 11.1 Å². The van der Waals surface area contributed by atoms with Gasteiger partial charge in [-0.15, -0.1) is 0 Å². The fourth-order valence-corrected chi connectivity index (χ4v) is 4.38. The summed E-state index contributed by atoms with van der Waals surface area (Å²) in [5.74, 6) is 1.32. The standard InChI is InChI=1S/C22H22O3/c1-13-17-12-22(2)11-10-19(24)20(14-4-6-15(25-3)7-5-14)21(22)16(17)8-9-18(13)23/h4-9,23H,10-12H2,1-3H3. The zero-order chi connectivity index (χ0) is 17.8. The number of methoxy groups -OCH3 is 1. The molecule has 0 spiro atoms. The van der Waals surface area contributed by atoms with Crippen LogP contribution >= 0.6 is 0 Å². The first-order valence-corrected chi connectivity index (χ1v) is 8.69. The molecule has 0 bridgehead atoms. The van der Waals surface area contributed by atoms with Crippen molar-refractivity contribution >= 4 is 16.9 Å². The van der Waals surface area contributed by atoms with Gasteiger partial charge in [-0.3, -0.25) is 4.79 Å². The van der Waals surface area contributed by atoms with E-state index in [1.54, 1.807) is 13.2 Å². The lowest BCUT2D eigenvalue weighted by atomic mass is 9.70. The van der Waals surface area contributed by atoms with Crippen LogP contribution in [0, 0.1) is 12.3 Å². The number of phenolic OH excluding ortho intramolecular Hbond substituents is 1. The van der Waals surface area contributed by atoms with Gasteiger partial charge in [-0.1, -0.05) is 25.1 Å². The number of aromatic hydroxyl groups is 1. The number of hydrogen-bond acceptors (Lipinski definition) is 3. The summed E-state index contributed by atoms with van der Waals surface area (Å²) < 4.78 is 5.25. The number of ether oxygens (including phenoxy) is 1. The first-order valence-electron chi connectivity index (χ1n) is 8.69. The molecular weight excluding hydrogens is 312 g/mol. The number of Topliss-reactive ketones (excluding diaryl/α,β-unsaturated/α-hetero) is 1. The summed E-state index contributed by atoms with van der Waals surface area (Å²) in [6, 6.07) is 11.5. The van der Waals surface area contributed by atoms with E-state index < -0.39 is 0 Å². The Morgan fingerprint density at radius 2 is 1.84 bits per heavy atom. The molecule has 3 heteroatoms. The lowest BCUT2D eigenvalue weighted by molar-refractivity contribution is -0.114. The summed E-state index contributed by atoms with van der Waals surface area (Å²) in [5, 5.41) is 10.1. The van der Waals surface area contributed by atoms with Crippen molar-refractivity contribution in [2.45, 2.75) is 33.1 Å².